The number of nitrogens with zero attached hydrogens (tertiary/aromatic N) is 5. The lowest BCUT2D eigenvalue weighted by atomic mass is 10.1. The van der Waals surface area contributed by atoms with Gasteiger partial charge in [0.15, 0.2) is 0 Å². The molecule has 2 aromatic heterocycles. The van der Waals surface area contributed by atoms with Crippen LogP contribution in [-0.4, -0.2) is 48.7 Å². The van der Waals surface area contributed by atoms with E-state index in [4.69, 9.17) is 11.6 Å². The van der Waals surface area contributed by atoms with Crippen molar-refractivity contribution in [2.24, 2.45) is 0 Å². The molecule has 8 nitrogen and oxygen atoms in total. The summed E-state index contributed by atoms with van der Waals surface area (Å²) in [4.78, 5) is 23.2. The minimum atomic E-state index is -5.00. The van der Waals surface area contributed by atoms with Gasteiger partial charge in [-0.15, -0.1) is 13.2 Å². The summed E-state index contributed by atoms with van der Waals surface area (Å²) in [6.45, 7) is 3.92. The van der Waals surface area contributed by atoms with Crippen molar-refractivity contribution in [1.82, 2.24) is 29.9 Å². The first-order chi connectivity index (χ1) is 17.8. The third-order valence-electron chi connectivity index (χ3n) is 5.79. The average Bonchev–Trinajstić information content (AvgIpc) is 3.55. The lowest BCUT2D eigenvalue weighted by Gasteiger charge is -2.24. The molecule has 1 fully saturated rings. The van der Waals surface area contributed by atoms with E-state index in [2.05, 4.69) is 31.5 Å². The summed E-state index contributed by atoms with van der Waals surface area (Å²) in [5, 5.41) is 7.36. The number of carbonyl (C=O) groups is 1. The number of imidazole rings is 1. The van der Waals surface area contributed by atoms with Gasteiger partial charge in [0.05, 0.1) is 51.3 Å². The second kappa shape index (κ2) is 9.04. The maximum atomic E-state index is 13.7. The van der Waals surface area contributed by atoms with Crippen LogP contribution in [0, 0.1) is 0 Å². The predicted octanol–water partition coefficient (Wildman–Crippen LogP) is 5.86. The third kappa shape index (κ3) is 4.90. The molecule has 2 aromatic carbocycles. The zero-order valence-electron chi connectivity index (χ0n) is 18.9. The molecular weight excluding hydrogens is 542 g/mol. The molecule has 1 aliphatic rings. The van der Waals surface area contributed by atoms with Crippen LogP contribution in [0.3, 0.4) is 0 Å². The van der Waals surface area contributed by atoms with Gasteiger partial charge >= 0.3 is 12.5 Å². The largest absolute Gasteiger partial charge is 0.573 e. The van der Waals surface area contributed by atoms with Gasteiger partial charge in [0, 0.05) is 6.54 Å². The van der Waals surface area contributed by atoms with Gasteiger partial charge in [-0.3, -0.25) is 4.79 Å². The highest BCUT2D eigenvalue weighted by atomic mass is 35.5. The van der Waals surface area contributed by atoms with Gasteiger partial charge in [0.1, 0.15) is 11.6 Å². The van der Waals surface area contributed by atoms with E-state index in [1.165, 1.54) is 23.4 Å². The van der Waals surface area contributed by atoms with E-state index in [0.717, 1.165) is 29.1 Å². The number of amides is 1. The Bertz CT molecular complexity index is 1550. The zero-order valence-corrected chi connectivity index (χ0v) is 19.7. The lowest BCUT2D eigenvalue weighted by molar-refractivity contribution is -0.274. The van der Waals surface area contributed by atoms with Crippen LogP contribution < -0.4 is 4.74 Å². The fraction of sp³-hybridized carbons (Fsp3) is 0.217. The SMILES string of the molecule is C=C1C[C@@H](c2nc3cc(Cl)c(C(F)(F)F)cc3[nH]2)N(C(=O)c2cc(OC(F)(F)F)ccc2-n2nccn2)C1. The smallest absolute Gasteiger partial charge is 0.406 e. The summed E-state index contributed by atoms with van der Waals surface area (Å²) in [5.74, 6) is -1.20. The average molecular weight is 557 g/mol. The number of benzene rings is 2. The second-order valence-electron chi connectivity index (χ2n) is 8.42. The minimum Gasteiger partial charge on any atom is -0.406 e. The molecule has 1 atom stereocenters. The van der Waals surface area contributed by atoms with E-state index in [0.29, 0.717) is 5.57 Å². The van der Waals surface area contributed by atoms with Gasteiger partial charge in [-0.25, -0.2) is 4.98 Å². The first-order valence-electron chi connectivity index (χ1n) is 10.8. The first kappa shape index (κ1) is 25.6. The number of rotatable bonds is 4. The second-order valence-corrected chi connectivity index (χ2v) is 8.82. The molecule has 5 rings (SSSR count). The van der Waals surface area contributed by atoms with Crippen LogP contribution in [-0.2, 0) is 6.18 Å². The number of halogens is 7. The molecule has 0 radical (unpaired) electrons. The Morgan fingerprint density at radius 1 is 1.11 bits per heavy atom. The van der Waals surface area contributed by atoms with E-state index >= 15 is 0 Å². The number of fused-ring (bicyclic) bond motifs is 1. The maximum absolute atomic E-state index is 13.7. The highest BCUT2D eigenvalue weighted by Crippen LogP contribution is 2.39. The quantitative estimate of drug-likeness (QED) is 0.251. The topological polar surface area (TPSA) is 88.9 Å². The van der Waals surface area contributed by atoms with Gasteiger partial charge in [-0.05, 0) is 36.8 Å². The molecule has 15 heteroatoms. The number of hydrogen-bond donors (Lipinski definition) is 1. The first-order valence-corrected chi connectivity index (χ1v) is 11.2. The van der Waals surface area contributed by atoms with Crippen LogP contribution in [0.2, 0.25) is 5.02 Å². The molecular formula is C23H15ClF6N6O2. The molecule has 198 valence electrons. The Balaban J connectivity index is 1.56. The lowest BCUT2D eigenvalue weighted by Crippen LogP contribution is -2.32. The number of aromatic nitrogens is 5. The van der Waals surface area contributed by atoms with Crippen molar-refractivity contribution in [3.8, 4) is 11.4 Å². The van der Waals surface area contributed by atoms with Crippen LogP contribution in [0.5, 0.6) is 5.75 Å². The summed E-state index contributed by atoms with van der Waals surface area (Å²) in [6, 6.07) is 4.22. The van der Waals surface area contributed by atoms with Crippen LogP contribution in [0.4, 0.5) is 26.3 Å². The van der Waals surface area contributed by atoms with E-state index in [-0.39, 0.29) is 41.1 Å². The van der Waals surface area contributed by atoms with Crippen molar-refractivity contribution in [3.63, 3.8) is 0 Å². The highest BCUT2D eigenvalue weighted by Gasteiger charge is 2.38. The Kier molecular flexibility index (Phi) is 6.09. The van der Waals surface area contributed by atoms with E-state index in [1.54, 1.807) is 0 Å². The summed E-state index contributed by atoms with van der Waals surface area (Å²) in [7, 11) is 0. The molecule has 1 N–H and O–H groups in total. The Hall–Kier alpha value is -4.07. The molecule has 0 saturated carbocycles. The summed E-state index contributed by atoms with van der Waals surface area (Å²) in [6.07, 6.45) is -6.84. The highest BCUT2D eigenvalue weighted by molar-refractivity contribution is 6.32. The molecule has 0 unspecified atom stereocenters. The van der Waals surface area contributed by atoms with Gasteiger partial charge in [-0.1, -0.05) is 23.8 Å². The summed E-state index contributed by atoms with van der Waals surface area (Å²) in [5.41, 5.74) is -0.394. The summed E-state index contributed by atoms with van der Waals surface area (Å²) >= 11 is 5.81. The number of H-pyrrole nitrogens is 1. The predicted molar refractivity (Wildman–Crippen MR) is 122 cm³/mol. The van der Waals surface area contributed by atoms with Crippen LogP contribution in [0.1, 0.15) is 34.2 Å². The minimum absolute atomic E-state index is 0.0193. The van der Waals surface area contributed by atoms with E-state index < -0.39 is 40.8 Å². The van der Waals surface area contributed by atoms with Crippen LogP contribution >= 0.6 is 11.6 Å². The van der Waals surface area contributed by atoms with Crippen molar-refractivity contribution in [1.29, 1.82) is 0 Å². The van der Waals surface area contributed by atoms with Gasteiger partial charge in [0.25, 0.3) is 5.91 Å². The van der Waals surface area contributed by atoms with Crippen LogP contribution in [0.15, 0.2) is 54.9 Å². The van der Waals surface area contributed by atoms with Crippen molar-refractivity contribution >= 4 is 28.5 Å². The number of hydrogen-bond acceptors (Lipinski definition) is 5. The normalized spacial score (nSPS) is 16.4. The molecule has 0 spiro atoms. The number of carbonyl (C=O) groups excluding carboxylic acids is 1. The standard InChI is InChI=1S/C23H15ClF6N6O2/c1-11-6-19(20-33-16-8-14(22(25,26)27)15(24)9-17(16)34-20)35(10-11)21(37)13-7-12(38-23(28,29)30)2-3-18(13)36-31-4-5-32-36/h2-5,7-9,19H,1,6,10H2,(H,33,34)/t19-/m0/s1. The summed E-state index contributed by atoms with van der Waals surface area (Å²) < 4.78 is 82.5. The van der Waals surface area contributed by atoms with Crippen LogP contribution in [0.25, 0.3) is 16.7 Å². The maximum Gasteiger partial charge on any atom is 0.573 e. The third-order valence-corrected chi connectivity index (χ3v) is 6.10. The molecule has 1 saturated heterocycles. The van der Waals surface area contributed by atoms with Gasteiger partial charge in [0.2, 0.25) is 0 Å². The van der Waals surface area contributed by atoms with Crippen molar-refractivity contribution in [2.45, 2.75) is 25.0 Å². The Morgan fingerprint density at radius 3 is 2.47 bits per heavy atom. The van der Waals surface area contributed by atoms with Gasteiger partial charge < -0.3 is 14.6 Å². The molecule has 4 aromatic rings. The Morgan fingerprint density at radius 2 is 1.82 bits per heavy atom. The van der Waals surface area contributed by atoms with E-state index in [9.17, 15) is 31.1 Å². The zero-order chi connectivity index (χ0) is 27.4. The number of aromatic amines is 1. The number of nitrogens with one attached hydrogen (secondary N) is 1. The van der Waals surface area contributed by atoms with E-state index in [1.807, 2.05) is 0 Å². The molecule has 1 amide bonds. The Labute approximate surface area is 214 Å². The number of ether oxygens (including phenoxy) is 1. The molecule has 0 aliphatic carbocycles. The fourth-order valence-corrected chi connectivity index (χ4v) is 4.50. The molecule has 38 heavy (non-hydrogen) atoms. The molecule has 3 heterocycles. The molecule has 0 bridgehead atoms. The number of likely N-dealkylation sites (tertiary alicyclic amines) is 1. The van der Waals surface area contributed by atoms with Gasteiger partial charge in [-0.2, -0.15) is 28.2 Å². The van der Waals surface area contributed by atoms with Crippen molar-refractivity contribution < 1.29 is 35.9 Å². The fourth-order valence-electron chi connectivity index (χ4n) is 4.24. The molecule has 1 aliphatic heterocycles. The van der Waals surface area contributed by atoms with Crippen molar-refractivity contribution in [3.05, 3.63) is 76.9 Å². The monoisotopic (exact) mass is 556 g/mol. The van der Waals surface area contributed by atoms with Crippen molar-refractivity contribution in [2.75, 3.05) is 6.54 Å². The number of alkyl halides is 6.